The van der Waals surface area contributed by atoms with E-state index >= 15 is 0 Å². The Balaban J connectivity index is 1.39. The van der Waals surface area contributed by atoms with Crippen molar-refractivity contribution in [2.45, 2.75) is 44.1 Å². The van der Waals surface area contributed by atoms with Crippen molar-refractivity contribution in [3.8, 4) is 0 Å². The van der Waals surface area contributed by atoms with Gasteiger partial charge in [0.2, 0.25) is 5.91 Å². The van der Waals surface area contributed by atoms with Crippen LogP contribution >= 0.6 is 15.9 Å². The first-order valence-electron chi connectivity index (χ1n) is 10.8. The second kappa shape index (κ2) is 9.04. The fraction of sp³-hybridized carbons (Fsp3) is 0.636. The number of ether oxygens (including phenoxy) is 1. The number of carbonyl (C=O) groups is 2. The van der Waals surface area contributed by atoms with Crippen LogP contribution < -0.4 is 5.32 Å². The van der Waals surface area contributed by atoms with Gasteiger partial charge in [-0.2, -0.15) is 0 Å². The molecule has 6 nitrogen and oxygen atoms in total. The van der Waals surface area contributed by atoms with Crippen LogP contribution in [0.4, 0.5) is 4.79 Å². The van der Waals surface area contributed by atoms with Crippen LogP contribution in [0.3, 0.4) is 0 Å². The van der Waals surface area contributed by atoms with Crippen LogP contribution in [0.25, 0.3) is 0 Å². The van der Waals surface area contributed by atoms with Crippen molar-refractivity contribution in [1.82, 2.24) is 15.1 Å². The normalized spacial score (nSPS) is 22.5. The molecule has 0 bridgehead atoms. The highest BCUT2D eigenvalue weighted by atomic mass is 79.9. The molecule has 1 aromatic rings. The number of halogens is 1. The second-order valence-corrected chi connectivity index (χ2v) is 9.35. The Kier molecular flexibility index (Phi) is 6.44. The Morgan fingerprint density at radius 1 is 1.03 bits per heavy atom. The number of likely N-dealkylation sites (tertiary alicyclic amines) is 2. The molecule has 0 saturated carbocycles. The summed E-state index contributed by atoms with van der Waals surface area (Å²) in [6, 6.07) is 8.37. The number of benzene rings is 1. The molecule has 0 atom stereocenters. The summed E-state index contributed by atoms with van der Waals surface area (Å²) in [4.78, 5) is 29.7. The summed E-state index contributed by atoms with van der Waals surface area (Å²) < 4.78 is 6.60. The largest absolute Gasteiger partial charge is 0.381 e. The number of carbonyl (C=O) groups excluding carboxylic acids is 2. The van der Waals surface area contributed by atoms with Crippen LogP contribution in [0.1, 0.15) is 44.1 Å². The zero-order valence-corrected chi connectivity index (χ0v) is 18.5. The summed E-state index contributed by atoms with van der Waals surface area (Å²) in [5.41, 5.74) is 0.756. The molecule has 3 amide bonds. The third-order valence-electron chi connectivity index (χ3n) is 6.60. The molecule has 158 valence electrons. The number of nitrogens with zero attached hydrogens (tertiary/aromatic N) is 2. The van der Waals surface area contributed by atoms with Crippen LogP contribution in [-0.2, 0) is 15.1 Å². The van der Waals surface area contributed by atoms with Gasteiger partial charge in [-0.1, -0.05) is 28.1 Å². The number of hydrogen-bond acceptors (Lipinski definition) is 3. The van der Waals surface area contributed by atoms with Gasteiger partial charge in [-0.05, 0) is 56.2 Å². The summed E-state index contributed by atoms with van der Waals surface area (Å²) >= 11 is 3.56. The van der Waals surface area contributed by atoms with Crippen LogP contribution in [-0.4, -0.2) is 61.1 Å². The molecule has 3 aliphatic rings. The quantitative estimate of drug-likeness (QED) is 0.745. The van der Waals surface area contributed by atoms with Crippen LogP contribution in [0.5, 0.6) is 0 Å². The van der Waals surface area contributed by atoms with E-state index in [4.69, 9.17) is 4.74 Å². The molecular formula is C22H30BrN3O3. The van der Waals surface area contributed by atoms with Crippen molar-refractivity contribution in [2.75, 3.05) is 39.4 Å². The molecule has 1 aromatic carbocycles. The fourth-order valence-corrected chi connectivity index (χ4v) is 5.17. The highest BCUT2D eigenvalue weighted by molar-refractivity contribution is 9.10. The van der Waals surface area contributed by atoms with E-state index in [0.717, 1.165) is 61.7 Å². The Hall–Kier alpha value is -1.60. The molecule has 0 aromatic heterocycles. The summed E-state index contributed by atoms with van der Waals surface area (Å²) in [7, 11) is 0. The average molecular weight is 464 g/mol. The lowest BCUT2D eigenvalue weighted by Gasteiger charge is -2.41. The molecule has 0 aliphatic carbocycles. The number of rotatable bonds is 3. The predicted octanol–water partition coefficient (Wildman–Crippen LogP) is 3.50. The van der Waals surface area contributed by atoms with E-state index in [1.165, 1.54) is 0 Å². The molecule has 1 N–H and O–H groups in total. The maximum Gasteiger partial charge on any atom is 0.319 e. The zero-order chi connectivity index (χ0) is 20.3. The monoisotopic (exact) mass is 463 g/mol. The minimum absolute atomic E-state index is 0.0375. The van der Waals surface area contributed by atoms with Crippen molar-refractivity contribution in [3.63, 3.8) is 0 Å². The first-order valence-corrected chi connectivity index (χ1v) is 11.6. The lowest BCUT2D eigenvalue weighted by Crippen LogP contribution is -2.53. The molecule has 0 spiro atoms. The summed E-state index contributed by atoms with van der Waals surface area (Å²) in [5.74, 6) is 0.0737. The van der Waals surface area contributed by atoms with Gasteiger partial charge in [-0.3, -0.25) is 4.79 Å². The lowest BCUT2D eigenvalue weighted by molar-refractivity contribution is -0.129. The molecule has 3 heterocycles. The molecule has 0 unspecified atom stereocenters. The van der Waals surface area contributed by atoms with Gasteiger partial charge in [-0.15, -0.1) is 0 Å². The molecule has 29 heavy (non-hydrogen) atoms. The van der Waals surface area contributed by atoms with Crippen molar-refractivity contribution in [3.05, 3.63) is 34.3 Å². The van der Waals surface area contributed by atoms with Gasteiger partial charge in [0, 0.05) is 49.8 Å². The Morgan fingerprint density at radius 3 is 2.34 bits per heavy atom. The lowest BCUT2D eigenvalue weighted by atomic mass is 9.81. The first-order chi connectivity index (χ1) is 14.1. The van der Waals surface area contributed by atoms with E-state index in [1.807, 2.05) is 21.9 Å². The van der Waals surface area contributed by atoms with Gasteiger partial charge in [0.25, 0.3) is 0 Å². The Bertz CT molecular complexity index is 737. The third kappa shape index (κ3) is 4.61. The summed E-state index contributed by atoms with van der Waals surface area (Å²) in [5, 5.41) is 3.39. The van der Waals surface area contributed by atoms with E-state index < -0.39 is 0 Å². The van der Waals surface area contributed by atoms with Gasteiger partial charge in [0.15, 0.2) is 0 Å². The number of piperidine rings is 1. The Morgan fingerprint density at radius 2 is 1.69 bits per heavy atom. The highest BCUT2D eigenvalue weighted by Crippen LogP contribution is 2.34. The van der Waals surface area contributed by atoms with E-state index in [2.05, 4.69) is 33.4 Å². The molecule has 3 aliphatic heterocycles. The van der Waals surface area contributed by atoms with E-state index in [0.29, 0.717) is 26.3 Å². The molecule has 3 saturated heterocycles. The maximum atomic E-state index is 13.2. The van der Waals surface area contributed by atoms with Crippen LogP contribution in [0.2, 0.25) is 0 Å². The standard InChI is InChI=1S/C22H30BrN3O3/c23-19-5-3-4-18(16-19)22(8-14-29-15-9-22)24-20(27)17-6-12-26(13-7-17)21(28)25-10-1-2-11-25/h3-5,16-17H,1-2,6-15H2,(H,24,27). The highest BCUT2D eigenvalue weighted by Gasteiger charge is 2.39. The minimum atomic E-state index is -0.373. The Labute approximate surface area is 181 Å². The van der Waals surface area contributed by atoms with Gasteiger partial charge >= 0.3 is 6.03 Å². The van der Waals surface area contributed by atoms with Crippen LogP contribution in [0.15, 0.2) is 28.7 Å². The number of amides is 3. The second-order valence-electron chi connectivity index (χ2n) is 8.43. The summed E-state index contributed by atoms with van der Waals surface area (Å²) in [6.45, 7) is 4.37. The fourth-order valence-electron chi connectivity index (χ4n) is 4.77. The molecular weight excluding hydrogens is 434 g/mol. The van der Waals surface area contributed by atoms with Crippen LogP contribution in [0, 0.1) is 5.92 Å². The van der Waals surface area contributed by atoms with E-state index in [-0.39, 0.29) is 23.4 Å². The average Bonchev–Trinajstić information content (AvgIpc) is 3.29. The van der Waals surface area contributed by atoms with Crippen molar-refractivity contribution in [1.29, 1.82) is 0 Å². The zero-order valence-electron chi connectivity index (χ0n) is 16.9. The number of nitrogens with one attached hydrogen (secondary N) is 1. The predicted molar refractivity (Wildman–Crippen MR) is 115 cm³/mol. The van der Waals surface area contributed by atoms with Crippen molar-refractivity contribution < 1.29 is 14.3 Å². The molecule has 7 heteroatoms. The van der Waals surface area contributed by atoms with Crippen molar-refractivity contribution in [2.24, 2.45) is 5.92 Å². The van der Waals surface area contributed by atoms with E-state index in [1.54, 1.807) is 0 Å². The minimum Gasteiger partial charge on any atom is -0.381 e. The van der Waals surface area contributed by atoms with E-state index in [9.17, 15) is 9.59 Å². The first kappa shape index (κ1) is 20.7. The topological polar surface area (TPSA) is 61.9 Å². The molecule has 3 fully saturated rings. The van der Waals surface area contributed by atoms with Gasteiger partial charge in [0.05, 0.1) is 5.54 Å². The number of hydrogen-bond donors (Lipinski definition) is 1. The van der Waals surface area contributed by atoms with Crippen molar-refractivity contribution >= 4 is 27.9 Å². The summed E-state index contributed by atoms with van der Waals surface area (Å²) in [6.07, 6.45) is 5.23. The van der Waals surface area contributed by atoms with Gasteiger partial charge in [-0.25, -0.2) is 4.79 Å². The third-order valence-corrected chi connectivity index (χ3v) is 7.09. The van der Waals surface area contributed by atoms with Gasteiger partial charge < -0.3 is 19.9 Å². The molecule has 4 rings (SSSR count). The maximum absolute atomic E-state index is 13.2. The van der Waals surface area contributed by atoms with Gasteiger partial charge in [0.1, 0.15) is 0 Å². The molecule has 0 radical (unpaired) electrons. The SMILES string of the molecule is O=C(NC1(c2cccc(Br)c2)CCOCC1)C1CCN(C(=O)N2CCCC2)CC1. The number of urea groups is 1. The smallest absolute Gasteiger partial charge is 0.319 e.